The first kappa shape index (κ1) is 11.4. The summed E-state index contributed by atoms with van der Waals surface area (Å²) in [6, 6.07) is 0. The van der Waals surface area contributed by atoms with Crippen molar-refractivity contribution in [2.45, 2.75) is 52.9 Å². The second-order valence-corrected chi connectivity index (χ2v) is 6.81. The predicted molar refractivity (Wildman–Crippen MR) is 72.3 cm³/mol. The van der Waals surface area contributed by atoms with Crippen LogP contribution in [-0.2, 0) is 0 Å². The van der Waals surface area contributed by atoms with Crippen molar-refractivity contribution in [1.29, 1.82) is 0 Å². The first-order chi connectivity index (χ1) is 8.05. The van der Waals surface area contributed by atoms with E-state index in [-0.39, 0.29) is 0 Å². The minimum absolute atomic E-state index is 0.511. The fraction of sp³-hybridized carbons (Fsp3) is 0.750. The molecule has 17 heavy (non-hydrogen) atoms. The van der Waals surface area contributed by atoms with E-state index in [1.165, 1.54) is 43.4 Å². The van der Waals surface area contributed by atoms with Crippen molar-refractivity contribution in [3.63, 3.8) is 0 Å². The van der Waals surface area contributed by atoms with Gasteiger partial charge in [0.1, 0.15) is 0 Å². The van der Waals surface area contributed by atoms with E-state index in [4.69, 9.17) is 5.73 Å². The highest BCUT2D eigenvalue weighted by molar-refractivity contribution is 5.29. The highest BCUT2D eigenvalue weighted by Crippen LogP contribution is 2.63. The molecule has 0 saturated heterocycles. The molecule has 4 atom stereocenters. The molecule has 1 heteroatoms. The number of rotatable bonds is 2. The third-order valence-corrected chi connectivity index (χ3v) is 5.60. The van der Waals surface area contributed by atoms with Crippen molar-refractivity contribution in [3.05, 3.63) is 22.9 Å². The number of allylic oxidation sites excluding steroid dienone is 4. The zero-order valence-electron chi connectivity index (χ0n) is 11.4. The van der Waals surface area contributed by atoms with Crippen LogP contribution in [0.1, 0.15) is 52.9 Å². The Labute approximate surface area is 105 Å². The summed E-state index contributed by atoms with van der Waals surface area (Å²) < 4.78 is 0. The first-order valence-electron chi connectivity index (χ1n) is 7.18. The fourth-order valence-corrected chi connectivity index (χ4v) is 4.97. The van der Waals surface area contributed by atoms with E-state index in [1.54, 1.807) is 5.57 Å². The summed E-state index contributed by atoms with van der Waals surface area (Å²) in [4.78, 5) is 0. The van der Waals surface area contributed by atoms with E-state index in [0.717, 1.165) is 11.8 Å². The average Bonchev–Trinajstić information content (AvgIpc) is 2.27. The smallest absolute Gasteiger partial charge is 0.0107 e. The van der Waals surface area contributed by atoms with Crippen LogP contribution in [-0.4, -0.2) is 0 Å². The molecule has 0 heterocycles. The molecule has 2 fully saturated rings. The number of hydrogen-bond acceptors (Lipinski definition) is 1. The summed E-state index contributed by atoms with van der Waals surface area (Å²) in [5, 5.41) is 0. The van der Waals surface area contributed by atoms with E-state index < -0.39 is 0 Å². The molecule has 0 spiro atoms. The van der Waals surface area contributed by atoms with E-state index in [1.807, 2.05) is 0 Å². The van der Waals surface area contributed by atoms with Crippen molar-refractivity contribution >= 4 is 0 Å². The third-order valence-electron chi connectivity index (χ3n) is 5.60. The van der Waals surface area contributed by atoms with Gasteiger partial charge in [0, 0.05) is 11.6 Å². The second-order valence-electron chi connectivity index (χ2n) is 6.81. The Morgan fingerprint density at radius 2 is 2.24 bits per heavy atom. The maximum absolute atomic E-state index is 6.46. The summed E-state index contributed by atoms with van der Waals surface area (Å²) in [6.45, 7) is 6.74. The van der Waals surface area contributed by atoms with Gasteiger partial charge in [-0.05, 0) is 63.2 Å². The van der Waals surface area contributed by atoms with Crippen LogP contribution in [0.2, 0.25) is 0 Å². The predicted octanol–water partition coefficient (Wildman–Crippen LogP) is 4.01. The van der Waals surface area contributed by atoms with Crippen LogP contribution in [0.5, 0.6) is 0 Å². The zero-order chi connectivity index (χ0) is 12.2. The Hall–Kier alpha value is -0.720. The van der Waals surface area contributed by atoms with Crippen molar-refractivity contribution in [2.75, 3.05) is 0 Å². The molecule has 0 aromatic heterocycles. The van der Waals surface area contributed by atoms with Crippen LogP contribution in [0.15, 0.2) is 22.9 Å². The number of hydrogen-bond donors (Lipinski definition) is 1. The van der Waals surface area contributed by atoms with Gasteiger partial charge < -0.3 is 5.73 Å². The van der Waals surface area contributed by atoms with Gasteiger partial charge in [-0.15, -0.1) is 0 Å². The Kier molecular flexibility index (Phi) is 2.43. The van der Waals surface area contributed by atoms with Gasteiger partial charge in [0.15, 0.2) is 0 Å². The monoisotopic (exact) mass is 231 g/mol. The normalized spacial score (nSPS) is 42.5. The van der Waals surface area contributed by atoms with Gasteiger partial charge in [0.05, 0.1) is 0 Å². The van der Waals surface area contributed by atoms with Gasteiger partial charge >= 0.3 is 0 Å². The molecule has 2 saturated carbocycles. The zero-order valence-corrected chi connectivity index (χ0v) is 11.4. The van der Waals surface area contributed by atoms with Crippen LogP contribution < -0.4 is 5.73 Å². The van der Waals surface area contributed by atoms with Gasteiger partial charge in [-0.2, -0.15) is 0 Å². The molecule has 4 aliphatic carbocycles. The Morgan fingerprint density at radius 3 is 2.82 bits per heavy atom. The first-order valence-corrected chi connectivity index (χ1v) is 7.18. The van der Waals surface area contributed by atoms with Crippen LogP contribution >= 0.6 is 0 Å². The van der Waals surface area contributed by atoms with E-state index >= 15 is 0 Å². The molecule has 4 bridgehead atoms. The molecule has 4 rings (SSSR count). The van der Waals surface area contributed by atoms with E-state index in [2.05, 4.69) is 26.8 Å². The second kappa shape index (κ2) is 3.63. The van der Waals surface area contributed by atoms with Gasteiger partial charge in [-0.1, -0.05) is 24.1 Å². The Balaban J connectivity index is 2.05. The average molecular weight is 231 g/mol. The van der Waals surface area contributed by atoms with Crippen LogP contribution in [0.3, 0.4) is 0 Å². The number of nitrogens with two attached hydrogens (primary N) is 1. The minimum Gasteiger partial charge on any atom is -0.402 e. The molecular weight excluding hydrogens is 206 g/mol. The molecule has 0 aromatic carbocycles. The van der Waals surface area contributed by atoms with Gasteiger partial charge in [-0.25, -0.2) is 0 Å². The molecule has 94 valence electrons. The molecule has 4 aliphatic rings. The lowest BCUT2D eigenvalue weighted by Gasteiger charge is -2.58. The lowest BCUT2D eigenvalue weighted by Crippen LogP contribution is -2.50. The van der Waals surface area contributed by atoms with Crippen LogP contribution in [0.4, 0.5) is 0 Å². The lowest BCUT2D eigenvalue weighted by molar-refractivity contribution is -0.000225. The van der Waals surface area contributed by atoms with Crippen molar-refractivity contribution in [1.82, 2.24) is 0 Å². The molecule has 2 N–H and O–H groups in total. The minimum atomic E-state index is 0.511. The van der Waals surface area contributed by atoms with Crippen molar-refractivity contribution in [3.8, 4) is 0 Å². The summed E-state index contributed by atoms with van der Waals surface area (Å²) in [5.74, 6) is 2.39. The maximum atomic E-state index is 6.46. The molecule has 4 unspecified atom stereocenters. The van der Waals surface area contributed by atoms with Gasteiger partial charge in [0.25, 0.3) is 0 Å². The Bertz CT molecular complexity index is 400. The van der Waals surface area contributed by atoms with E-state index in [9.17, 15) is 0 Å². The summed E-state index contributed by atoms with van der Waals surface area (Å²) >= 11 is 0. The topological polar surface area (TPSA) is 26.0 Å². The van der Waals surface area contributed by atoms with Gasteiger partial charge in [0.2, 0.25) is 0 Å². The van der Waals surface area contributed by atoms with E-state index in [0.29, 0.717) is 11.3 Å². The standard InChI is InChI=1S/C16H25N/c1-4-16-8-11-5-12(9-16)7-13(6-11)14(16)15(17)10(2)3/h5,11,13-14H,4,6-9,17H2,1-3H3. The largest absolute Gasteiger partial charge is 0.402 e. The quantitative estimate of drug-likeness (QED) is 0.714. The molecule has 0 radical (unpaired) electrons. The highest BCUT2D eigenvalue weighted by atomic mass is 14.7. The fourth-order valence-electron chi connectivity index (χ4n) is 4.97. The molecule has 1 nitrogen and oxygen atoms in total. The van der Waals surface area contributed by atoms with Gasteiger partial charge in [-0.3, -0.25) is 0 Å². The molecule has 0 amide bonds. The SMILES string of the molecule is CCC12CC3=CC(CC(C3)C1C(N)=C(C)C)C2. The van der Waals surface area contributed by atoms with Crippen LogP contribution in [0.25, 0.3) is 0 Å². The molecular formula is C16H25N. The highest BCUT2D eigenvalue weighted by Gasteiger charge is 2.53. The summed E-state index contributed by atoms with van der Waals surface area (Å²) in [7, 11) is 0. The molecule has 0 aliphatic heterocycles. The van der Waals surface area contributed by atoms with Crippen molar-refractivity contribution < 1.29 is 0 Å². The maximum Gasteiger partial charge on any atom is 0.0107 e. The lowest BCUT2D eigenvalue weighted by atomic mass is 9.47. The Morgan fingerprint density at radius 1 is 1.47 bits per heavy atom. The van der Waals surface area contributed by atoms with Crippen molar-refractivity contribution in [2.24, 2.45) is 28.9 Å². The van der Waals surface area contributed by atoms with Crippen LogP contribution in [0, 0.1) is 23.2 Å². The molecule has 0 aromatic rings. The third kappa shape index (κ3) is 1.51. The summed E-state index contributed by atoms with van der Waals surface area (Å²) in [5.41, 5.74) is 11.3. The summed E-state index contributed by atoms with van der Waals surface area (Å²) in [6.07, 6.45) is 9.33.